The number of carbonyl (C=O) groups is 2. The number of carboxylic acid groups (broad SMARTS) is 1. The smallest absolute Gasteiger partial charge is 0.355 e. The molecule has 0 aromatic carbocycles. The standard InChI is InChI=1S/C17H25N3O3S2/c1-12-3-2-6-19(9-12)10-13-4-5-15(21)20(13)7-8-24-17-18-14(11-25-17)16(22)23/h11-13H,2-10H2,1H3,(H,22,23)/t12?,13-/m1/s1. The number of hydrogen-bond acceptors (Lipinski definition) is 6. The monoisotopic (exact) mass is 383 g/mol. The Morgan fingerprint density at radius 1 is 1.48 bits per heavy atom. The van der Waals surface area contributed by atoms with Gasteiger partial charge in [0.25, 0.3) is 0 Å². The predicted molar refractivity (Wildman–Crippen MR) is 99.4 cm³/mol. The summed E-state index contributed by atoms with van der Waals surface area (Å²) in [5.41, 5.74) is 0.0989. The van der Waals surface area contributed by atoms with Gasteiger partial charge in [-0.15, -0.1) is 11.3 Å². The highest BCUT2D eigenvalue weighted by Gasteiger charge is 2.32. The molecule has 1 amide bonds. The Labute approximate surface area is 156 Å². The van der Waals surface area contributed by atoms with E-state index in [0.717, 1.165) is 42.1 Å². The van der Waals surface area contributed by atoms with Crippen LogP contribution in [0.2, 0.25) is 0 Å². The van der Waals surface area contributed by atoms with Crippen molar-refractivity contribution < 1.29 is 14.7 Å². The predicted octanol–water partition coefficient (Wildman–Crippen LogP) is 2.66. The van der Waals surface area contributed by atoms with E-state index in [0.29, 0.717) is 19.0 Å². The average molecular weight is 384 g/mol. The first kappa shape index (κ1) is 18.7. The minimum absolute atomic E-state index is 0.0989. The van der Waals surface area contributed by atoms with Crippen molar-refractivity contribution >= 4 is 35.0 Å². The van der Waals surface area contributed by atoms with Crippen LogP contribution in [0.4, 0.5) is 0 Å². The van der Waals surface area contributed by atoms with Crippen molar-refractivity contribution in [2.75, 3.05) is 31.9 Å². The summed E-state index contributed by atoms with van der Waals surface area (Å²) >= 11 is 2.88. The Morgan fingerprint density at radius 3 is 3.04 bits per heavy atom. The Kier molecular flexibility index (Phi) is 6.35. The molecule has 0 aliphatic carbocycles. The molecule has 6 nitrogen and oxygen atoms in total. The van der Waals surface area contributed by atoms with Crippen molar-refractivity contribution in [3.05, 3.63) is 11.1 Å². The van der Waals surface area contributed by atoms with Gasteiger partial charge in [-0.05, 0) is 31.7 Å². The number of thiazole rings is 1. The zero-order chi connectivity index (χ0) is 17.8. The first-order chi connectivity index (χ1) is 12.0. The first-order valence-electron chi connectivity index (χ1n) is 8.86. The third kappa shape index (κ3) is 4.95. The minimum atomic E-state index is -0.992. The number of rotatable bonds is 7. The number of carbonyl (C=O) groups excluding carboxylic acids is 1. The lowest BCUT2D eigenvalue weighted by Gasteiger charge is -2.35. The number of thioether (sulfide) groups is 1. The summed E-state index contributed by atoms with van der Waals surface area (Å²) in [6, 6.07) is 0.323. The van der Waals surface area contributed by atoms with E-state index in [1.165, 1.54) is 35.9 Å². The van der Waals surface area contributed by atoms with Gasteiger partial charge >= 0.3 is 5.97 Å². The van der Waals surface area contributed by atoms with Crippen molar-refractivity contribution in [3.63, 3.8) is 0 Å². The summed E-state index contributed by atoms with van der Waals surface area (Å²) in [7, 11) is 0. The molecular formula is C17H25N3O3S2. The molecule has 1 aromatic heterocycles. The van der Waals surface area contributed by atoms with Crippen LogP contribution in [0.15, 0.2) is 9.72 Å². The first-order valence-corrected chi connectivity index (χ1v) is 10.7. The highest BCUT2D eigenvalue weighted by molar-refractivity contribution is 8.01. The quantitative estimate of drug-likeness (QED) is 0.730. The van der Waals surface area contributed by atoms with Gasteiger partial charge < -0.3 is 14.9 Å². The van der Waals surface area contributed by atoms with Crippen LogP contribution in [-0.2, 0) is 4.79 Å². The number of likely N-dealkylation sites (tertiary alicyclic amines) is 2. The number of amides is 1. The van der Waals surface area contributed by atoms with Gasteiger partial charge in [0.2, 0.25) is 5.91 Å². The van der Waals surface area contributed by atoms with E-state index in [4.69, 9.17) is 5.11 Å². The maximum atomic E-state index is 12.2. The topological polar surface area (TPSA) is 73.7 Å². The number of hydrogen-bond donors (Lipinski definition) is 1. The molecule has 0 spiro atoms. The van der Waals surface area contributed by atoms with E-state index in [1.54, 1.807) is 5.38 Å². The van der Waals surface area contributed by atoms with E-state index in [1.807, 2.05) is 4.90 Å². The molecule has 1 unspecified atom stereocenters. The molecule has 2 fully saturated rings. The fourth-order valence-corrected chi connectivity index (χ4v) is 5.50. The maximum Gasteiger partial charge on any atom is 0.355 e. The van der Waals surface area contributed by atoms with Crippen LogP contribution >= 0.6 is 23.1 Å². The second kappa shape index (κ2) is 8.51. The molecule has 25 heavy (non-hydrogen) atoms. The Hall–Kier alpha value is -1.12. The lowest BCUT2D eigenvalue weighted by Crippen LogP contribution is -2.45. The number of nitrogens with zero attached hydrogens (tertiary/aromatic N) is 3. The van der Waals surface area contributed by atoms with Crippen molar-refractivity contribution in [2.45, 2.75) is 43.0 Å². The van der Waals surface area contributed by atoms with Crippen LogP contribution in [0, 0.1) is 5.92 Å². The third-order valence-corrected chi connectivity index (χ3v) is 6.92. The number of aromatic carboxylic acids is 1. The zero-order valence-electron chi connectivity index (χ0n) is 14.5. The highest BCUT2D eigenvalue weighted by atomic mass is 32.2. The van der Waals surface area contributed by atoms with Crippen LogP contribution < -0.4 is 0 Å². The van der Waals surface area contributed by atoms with Gasteiger partial charge in [0.15, 0.2) is 10.0 Å². The van der Waals surface area contributed by atoms with Gasteiger partial charge in [-0.1, -0.05) is 18.7 Å². The van der Waals surface area contributed by atoms with Gasteiger partial charge in [0.1, 0.15) is 0 Å². The van der Waals surface area contributed by atoms with Crippen LogP contribution in [0.3, 0.4) is 0 Å². The summed E-state index contributed by atoms with van der Waals surface area (Å²) in [5.74, 6) is 0.767. The fraction of sp³-hybridized carbons (Fsp3) is 0.706. The maximum absolute atomic E-state index is 12.2. The number of carboxylic acids is 1. The molecule has 3 heterocycles. The molecule has 2 atom stereocenters. The largest absolute Gasteiger partial charge is 0.476 e. The van der Waals surface area contributed by atoms with Crippen molar-refractivity contribution in [3.8, 4) is 0 Å². The number of aromatic nitrogens is 1. The minimum Gasteiger partial charge on any atom is -0.476 e. The molecule has 0 radical (unpaired) electrons. The normalized spacial score (nSPS) is 24.8. The van der Waals surface area contributed by atoms with Crippen molar-refractivity contribution in [1.82, 2.24) is 14.8 Å². The molecule has 1 N–H and O–H groups in total. The number of piperidine rings is 1. The van der Waals surface area contributed by atoms with Gasteiger partial charge in [0, 0.05) is 43.2 Å². The van der Waals surface area contributed by atoms with E-state index < -0.39 is 5.97 Å². The Bertz CT molecular complexity index is 622. The molecule has 0 bridgehead atoms. The van der Waals surface area contributed by atoms with Crippen LogP contribution in [0.5, 0.6) is 0 Å². The third-order valence-electron chi connectivity index (χ3n) is 4.92. The molecule has 138 valence electrons. The average Bonchev–Trinajstić information content (AvgIpc) is 3.17. The lowest BCUT2D eigenvalue weighted by atomic mass is 9.99. The molecule has 3 rings (SSSR count). The summed E-state index contributed by atoms with van der Waals surface area (Å²) in [5, 5.41) is 10.5. The van der Waals surface area contributed by atoms with E-state index in [9.17, 15) is 9.59 Å². The van der Waals surface area contributed by atoms with Crippen molar-refractivity contribution in [1.29, 1.82) is 0 Å². The van der Waals surface area contributed by atoms with Gasteiger partial charge in [-0.25, -0.2) is 9.78 Å². The Morgan fingerprint density at radius 2 is 2.32 bits per heavy atom. The van der Waals surface area contributed by atoms with E-state index in [-0.39, 0.29) is 11.6 Å². The molecule has 2 saturated heterocycles. The molecule has 2 aliphatic heterocycles. The fourth-order valence-electron chi connectivity index (χ4n) is 3.69. The van der Waals surface area contributed by atoms with E-state index >= 15 is 0 Å². The summed E-state index contributed by atoms with van der Waals surface area (Å²) < 4.78 is 0.755. The Balaban J connectivity index is 1.48. The SMILES string of the molecule is CC1CCCN(C[C@H]2CCC(=O)N2CCSc2nc(C(=O)O)cs2)C1. The molecule has 1 aromatic rings. The van der Waals surface area contributed by atoms with Crippen LogP contribution in [-0.4, -0.2) is 69.7 Å². The van der Waals surface area contributed by atoms with Crippen LogP contribution in [0.25, 0.3) is 0 Å². The van der Waals surface area contributed by atoms with Crippen molar-refractivity contribution in [2.24, 2.45) is 5.92 Å². The van der Waals surface area contributed by atoms with Gasteiger partial charge in [0.05, 0.1) is 0 Å². The van der Waals surface area contributed by atoms with Gasteiger partial charge in [-0.3, -0.25) is 4.79 Å². The zero-order valence-corrected chi connectivity index (χ0v) is 16.2. The van der Waals surface area contributed by atoms with E-state index in [2.05, 4.69) is 16.8 Å². The summed E-state index contributed by atoms with van der Waals surface area (Å²) in [6.45, 7) is 6.29. The second-order valence-electron chi connectivity index (χ2n) is 6.94. The highest BCUT2D eigenvalue weighted by Crippen LogP contribution is 2.26. The molecule has 0 saturated carbocycles. The summed E-state index contributed by atoms with van der Waals surface area (Å²) in [4.78, 5) is 31.7. The van der Waals surface area contributed by atoms with Crippen LogP contribution in [0.1, 0.15) is 43.1 Å². The molecule has 2 aliphatic rings. The molecule has 8 heteroatoms. The van der Waals surface area contributed by atoms with Gasteiger partial charge in [-0.2, -0.15) is 0 Å². The second-order valence-corrected chi connectivity index (χ2v) is 9.14. The summed E-state index contributed by atoms with van der Waals surface area (Å²) in [6.07, 6.45) is 4.17. The molecular weight excluding hydrogens is 358 g/mol. The lowest BCUT2D eigenvalue weighted by molar-refractivity contribution is -0.128.